The van der Waals surface area contributed by atoms with Gasteiger partial charge in [0.05, 0.1) is 47.5 Å². The molecule has 4 N–H and O–H groups in total. The normalized spacial score (nSPS) is 10.6. The molecule has 0 amide bonds. The molecule has 0 aliphatic rings. The molecular weight excluding hydrogens is 344 g/mol. The monoisotopic (exact) mass is 364 g/mol. The number of carbonyl (C=O) groups excluding carboxylic acids is 3. The van der Waals surface area contributed by atoms with Crippen molar-refractivity contribution in [1.29, 1.82) is 0 Å². The second-order valence-corrected chi connectivity index (χ2v) is 5.05. The molecular formula is C16H20N4O6. The van der Waals surface area contributed by atoms with E-state index in [1.54, 1.807) is 20.8 Å². The molecule has 0 fully saturated rings. The highest BCUT2D eigenvalue weighted by Gasteiger charge is 2.28. The lowest BCUT2D eigenvalue weighted by molar-refractivity contribution is 0.0527. The predicted octanol–water partition coefficient (Wildman–Crippen LogP) is 1.56. The third-order valence-electron chi connectivity index (χ3n) is 3.45. The van der Waals surface area contributed by atoms with Crippen molar-refractivity contribution in [3.63, 3.8) is 0 Å². The Bertz CT molecular complexity index is 873. The number of benzene rings is 1. The van der Waals surface area contributed by atoms with Crippen LogP contribution in [0.5, 0.6) is 0 Å². The maximum atomic E-state index is 12.4. The molecule has 1 aromatic heterocycles. The van der Waals surface area contributed by atoms with Gasteiger partial charge in [-0.25, -0.2) is 14.4 Å². The number of ether oxygens (including phenoxy) is 3. The summed E-state index contributed by atoms with van der Waals surface area (Å²) < 4.78 is 15.7. The van der Waals surface area contributed by atoms with Crippen LogP contribution >= 0.6 is 0 Å². The number of anilines is 2. The third-order valence-corrected chi connectivity index (χ3v) is 3.45. The van der Waals surface area contributed by atoms with Crippen LogP contribution in [0, 0.1) is 0 Å². The minimum Gasteiger partial charge on any atom is -0.462 e. The summed E-state index contributed by atoms with van der Waals surface area (Å²) in [4.78, 5) is 36.8. The molecule has 0 radical (unpaired) electrons. The summed E-state index contributed by atoms with van der Waals surface area (Å²) >= 11 is 0. The largest absolute Gasteiger partial charge is 0.462 e. The lowest BCUT2D eigenvalue weighted by atomic mass is 10.0. The van der Waals surface area contributed by atoms with Crippen LogP contribution in [0.1, 0.15) is 41.5 Å². The molecule has 1 heterocycles. The fourth-order valence-electron chi connectivity index (χ4n) is 2.43. The lowest BCUT2D eigenvalue weighted by Gasteiger charge is -2.11. The van der Waals surface area contributed by atoms with E-state index < -0.39 is 18.0 Å². The quantitative estimate of drug-likeness (QED) is 0.458. The van der Waals surface area contributed by atoms with Crippen molar-refractivity contribution >= 4 is 40.4 Å². The number of fused-ring (bicyclic) bond motifs is 1. The van der Waals surface area contributed by atoms with Crippen molar-refractivity contribution in [2.75, 3.05) is 31.3 Å². The number of hydrogen-bond donors (Lipinski definition) is 2. The van der Waals surface area contributed by atoms with Crippen LogP contribution in [-0.4, -0.2) is 47.6 Å². The third kappa shape index (κ3) is 3.25. The Balaban J connectivity index is 2.84. The van der Waals surface area contributed by atoms with Gasteiger partial charge in [0.25, 0.3) is 0 Å². The number of nitrogen functional groups attached to an aromatic ring is 2. The SMILES string of the molecule is CCOC(=O)c1cc(C(=O)OCC)c2c(c(N)nn2C(=O)OCC)c1N. The van der Waals surface area contributed by atoms with E-state index in [1.807, 2.05) is 0 Å². The van der Waals surface area contributed by atoms with Crippen molar-refractivity contribution in [2.45, 2.75) is 20.8 Å². The summed E-state index contributed by atoms with van der Waals surface area (Å²) in [5.74, 6) is -1.64. The van der Waals surface area contributed by atoms with E-state index in [2.05, 4.69) is 5.10 Å². The lowest BCUT2D eigenvalue weighted by Crippen LogP contribution is -2.18. The van der Waals surface area contributed by atoms with Gasteiger partial charge in [-0.2, -0.15) is 4.68 Å². The minimum atomic E-state index is -0.844. The molecule has 0 atom stereocenters. The summed E-state index contributed by atoms with van der Waals surface area (Å²) in [6.45, 7) is 5.16. The molecule has 0 spiro atoms. The molecule has 2 rings (SSSR count). The van der Waals surface area contributed by atoms with E-state index in [1.165, 1.54) is 6.07 Å². The maximum absolute atomic E-state index is 12.4. The highest BCUT2D eigenvalue weighted by Crippen LogP contribution is 2.34. The zero-order valence-electron chi connectivity index (χ0n) is 14.7. The van der Waals surface area contributed by atoms with E-state index in [9.17, 15) is 14.4 Å². The first-order valence-electron chi connectivity index (χ1n) is 7.99. The van der Waals surface area contributed by atoms with E-state index in [0.717, 1.165) is 4.68 Å². The molecule has 140 valence electrons. The number of esters is 2. The first-order valence-corrected chi connectivity index (χ1v) is 7.99. The van der Waals surface area contributed by atoms with Gasteiger partial charge in [-0.15, -0.1) is 5.10 Å². The Morgan fingerprint density at radius 2 is 1.50 bits per heavy atom. The second-order valence-electron chi connectivity index (χ2n) is 5.05. The van der Waals surface area contributed by atoms with Gasteiger partial charge in [0.1, 0.15) is 0 Å². The predicted molar refractivity (Wildman–Crippen MR) is 92.9 cm³/mol. The highest BCUT2D eigenvalue weighted by atomic mass is 16.6. The van der Waals surface area contributed by atoms with E-state index >= 15 is 0 Å². The van der Waals surface area contributed by atoms with Gasteiger partial charge in [-0.05, 0) is 26.8 Å². The number of carbonyl (C=O) groups is 3. The van der Waals surface area contributed by atoms with Crippen LogP contribution in [0.2, 0.25) is 0 Å². The van der Waals surface area contributed by atoms with E-state index in [-0.39, 0.29) is 53.4 Å². The van der Waals surface area contributed by atoms with Gasteiger partial charge in [-0.1, -0.05) is 0 Å². The number of hydrogen-bond acceptors (Lipinski definition) is 9. The topological polar surface area (TPSA) is 149 Å². The molecule has 26 heavy (non-hydrogen) atoms. The van der Waals surface area contributed by atoms with Crippen molar-refractivity contribution < 1.29 is 28.6 Å². The van der Waals surface area contributed by atoms with E-state index in [0.29, 0.717) is 0 Å². The van der Waals surface area contributed by atoms with Gasteiger partial charge in [0.15, 0.2) is 5.82 Å². The first kappa shape index (κ1) is 19.0. The Morgan fingerprint density at radius 1 is 0.962 bits per heavy atom. The van der Waals surface area contributed by atoms with Gasteiger partial charge in [0, 0.05) is 0 Å². The zero-order valence-corrected chi connectivity index (χ0v) is 14.7. The minimum absolute atomic E-state index is 0.00458. The smallest absolute Gasteiger partial charge is 0.435 e. The van der Waals surface area contributed by atoms with Gasteiger partial charge < -0.3 is 25.7 Å². The summed E-state index contributed by atoms with van der Waals surface area (Å²) in [5.41, 5.74) is 11.7. The molecule has 10 nitrogen and oxygen atoms in total. The summed E-state index contributed by atoms with van der Waals surface area (Å²) in [6.07, 6.45) is -0.844. The Morgan fingerprint density at radius 3 is 2.04 bits per heavy atom. The number of nitrogens with two attached hydrogens (primary N) is 2. The number of nitrogens with zero attached hydrogens (tertiary/aromatic N) is 2. The number of aromatic nitrogens is 2. The van der Waals surface area contributed by atoms with E-state index in [4.69, 9.17) is 25.7 Å². The van der Waals surface area contributed by atoms with Crippen LogP contribution in [0.4, 0.5) is 16.3 Å². The molecule has 0 bridgehead atoms. The molecule has 0 aliphatic heterocycles. The molecule has 10 heteroatoms. The molecule has 0 aliphatic carbocycles. The highest BCUT2D eigenvalue weighted by molar-refractivity contribution is 6.17. The van der Waals surface area contributed by atoms with Crippen LogP contribution in [0.25, 0.3) is 10.9 Å². The fraction of sp³-hybridized carbons (Fsp3) is 0.375. The standard InChI is InChI=1S/C16H20N4O6/c1-4-24-14(21)8-7-9(15(22)25-5-2)12-10(11(8)17)13(18)19-20(12)16(23)26-6-3/h7H,4-6,17H2,1-3H3,(H2,18,19). The Hall–Kier alpha value is -3.30. The van der Waals surface area contributed by atoms with Crippen molar-refractivity contribution in [2.24, 2.45) is 0 Å². The van der Waals surface area contributed by atoms with Gasteiger partial charge in [-0.3, -0.25) is 0 Å². The summed E-state index contributed by atoms with van der Waals surface area (Å²) in [7, 11) is 0. The molecule has 0 saturated heterocycles. The first-order chi connectivity index (χ1) is 12.4. The van der Waals surface area contributed by atoms with Crippen molar-refractivity contribution in [3.05, 3.63) is 17.2 Å². The van der Waals surface area contributed by atoms with Crippen LogP contribution in [-0.2, 0) is 14.2 Å². The molecule has 0 saturated carbocycles. The Labute approximate surface area is 149 Å². The molecule has 2 aromatic rings. The Kier molecular flexibility index (Phi) is 5.65. The summed E-state index contributed by atoms with van der Waals surface area (Å²) in [6, 6.07) is 1.20. The average Bonchev–Trinajstić information content (AvgIpc) is 2.94. The summed E-state index contributed by atoms with van der Waals surface area (Å²) in [5, 5.41) is 3.97. The van der Waals surface area contributed by atoms with Gasteiger partial charge in [0.2, 0.25) is 0 Å². The average molecular weight is 364 g/mol. The van der Waals surface area contributed by atoms with Crippen molar-refractivity contribution in [3.8, 4) is 0 Å². The van der Waals surface area contributed by atoms with Crippen LogP contribution in [0.3, 0.4) is 0 Å². The zero-order chi connectivity index (χ0) is 19.4. The van der Waals surface area contributed by atoms with Crippen LogP contribution < -0.4 is 11.5 Å². The van der Waals surface area contributed by atoms with Gasteiger partial charge >= 0.3 is 18.0 Å². The maximum Gasteiger partial charge on any atom is 0.435 e. The van der Waals surface area contributed by atoms with Crippen molar-refractivity contribution in [1.82, 2.24) is 9.78 Å². The molecule has 1 aromatic carbocycles. The van der Waals surface area contributed by atoms with Crippen LogP contribution in [0.15, 0.2) is 6.07 Å². The fourth-order valence-corrected chi connectivity index (χ4v) is 2.43. The number of rotatable bonds is 5. The molecule has 0 unspecified atom stereocenters. The second kappa shape index (κ2) is 7.72.